The minimum absolute atomic E-state index is 0.00277. The van der Waals surface area contributed by atoms with Gasteiger partial charge in [-0.05, 0) is 51.3 Å². The van der Waals surface area contributed by atoms with Gasteiger partial charge >= 0.3 is 0 Å². The molecule has 2 heterocycles. The molecule has 0 saturated carbocycles. The third-order valence-corrected chi connectivity index (χ3v) is 6.05. The number of hydrogen-bond acceptors (Lipinski definition) is 7. The molecule has 3 rings (SSSR count). The van der Waals surface area contributed by atoms with Gasteiger partial charge < -0.3 is 14.4 Å². The van der Waals surface area contributed by atoms with E-state index in [1.807, 2.05) is 13.0 Å². The highest BCUT2D eigenvalue weighted by Gasteiger charge is 2.21. The van der Waals surface area contributed by atoms with Crippen molar-refractivity contribution in [2.75, 3.05) is 31.2 Å². The number of aromatic nitrogens is 2. The van der Waals surface area contributed by atoms with E-state index in [1.54, 1.807) is 25.3 Å². The molecule has 0 spiro atoms. The average molecular weight is 421 g/mol. The summed E-state index contributed by atoms with van der Waals surface area (Å²) >= 11 is 0. The molecule has 29 heavy (non-hydrogen) atoms. The normalized spacial score (nSPS) is 14.6. The Kier molecular flexibility index (Phi) is 7.27. The number of nitrogens with one attached hydrogen (secondary N) is 1. The molecule has 0 atom stereocenters. The van der Waals surface area contributed by atoms with Crippen LogP contribution in [0.2, 0.25) is 0 Å². The number of hydrogen-bond donors (Lipinski definition) is 1. The Labute approximate surface area is 172 Å². The summed E-state index contributed by atoms with van der Waals surface area (Å²) in [4.78, 5) is 11.0. The van der Waals surface area contributed by atoms with Crippen LogP contribution in [-0.4, -0.2) is 44.7 Å². The molecule has 0 unspecified atom stereocenters. The SMILES string of the molecule is CCOc1ccc(S(=O)(=O)NCc2nccc(N3CCCCC3)n2)c(OCC)c1. The van der Waals surface area contributed by atoms with Gasteiger partial charge in [0, 0.05) is 25.4 Å². The van der Waals surface area contributed by atoms with Crippen LogP contribution < -0.4 is 19.1 Å². The van der Waals surface area contributed by atoms with Crippen LogP contribution in [-0.2, 0) is 16.6 Å². The van der Waals surface area contributed by atoms with Crippen molar-refractivity contribution < 1.29 is 17.9 Å². The third-order valence-electron chi connectivity index (χ3n) is 4.61. The van der Waals surface area contributed by atoms with Crippen molar-refractivity contribution in [1.29, 1.82) is 0 Å². The summed E-state index contributed by atoms with van der Waals surface area (Å²) in [7, 11) is -3.80. The molecule has 2 aromatic rings. The van der Waals surface area contributed by atoms with E-state index >= 15 is 0 Å². The average Bonchev–Trinajstić information content (AvgIpc) is 2.74. The molecule has 1 aromatic heterocycles. The van der Waals surface area contributed by atoms with Crippen LogP contribution in [0.5, 0.6) is 11.5 Å². The fourth-order valence-electron chi connectivity index (χ4n) is 3.25. The van der Waals surface area contributed by atoms with E-state index in [4.69, 9.17) is 9.47 Å². The van der Waals surface area contributed by atoms with E-state index in [1.165, 1.54) is 12.5 Å². The van der Waals surface area contributed by atoms with Crippen LogP contribution in [0.3, 0.4) is 0 Å². The second-order valence-corrected chi connectivity index (χ2v) is 8.41. The molecule has 158 valence electrons. The van der Waals surface area contributed by atoms with Gasteiger partial charge in [0.15, 0.2) is 0 Å². The van der Waals surface area contributed by atoms with Crippen molar-refractivity contribution in [3.63, 3.8) is 0 Å². The number of benzene rings is 1. The summed E-state index contributed by atoms with van der Waals surface area (Å²) < 4.78 is 39.3. The number of rotatable bonds is 9. The lowest BCUT2D eigenvalue weighted by molar-refractivity contribution is 0.317. The standard InChI is InChI=1S/C20H28N4O4S/c1-3-27-16-8-9-18(17(14-16)28-4-2)29(25,26)22-15-19-21-11-10-20(23-19)24-12-6-5-7-13-24/h8-11,14,22H,3-7,12-13,15H2,1-2H3. The molecule has 9 heteroatoms. The first-order valence-corrected chi connectivity index (χ1v) is 11.5. The molecule has 8 nitrogen and oxygen atoms in total. The van der Waals surface area contributed by atoms with Gasteiger partial charge in [-0.3, -0.25) is 0 Å². The van der Waals surface area contributed by atoms with Crippen LogP contribution in [0.4, 0.5) is 5.82 Å². The maximum absolute atomic E-state index is 12.9. The van der Waals surface area contributed by atoms with E-state index in [0.29, 0.717) is 24.8 Å². The van der Waals surface area contributed by atoms with Gasteiger partial charge in [0.2, 0.25) is 10.0 Å². The van der Waals surface area contributed by atoms with Crippen LogP contribution in [0, 0.1) is 0 Å². The maximum atomic E-state index is 12.9. The van der Waals surface area contributed by atoms with Crippen molar-refractivity contribution in [2.24, 2.45) is 0 Å². The predicted molar refractivity (Wildman–Crippen MR) is 111 cm³/mol. The fourth-order valence-corrected chi connectivity index (χ4v) is 4.35. The zero-order valence-electron chi connectivity index (χ0n) is 16.9. The second-order valence-electron chi connectivity index (χ2n) is 6.68. The van der Waals surface area contributed by atoms with Gasteiger partial charge in [-0.25, -0.2) is 23.1 Å². The monoisotopic (exact) mass is 420 g/mol. The van der Waals surface area contributed by atoms with Crippen molar-refractivity contribution in [2.45, 2.75) is 44.6 Å². The van der Waals surface area contributed by atoms with Crippen molar-refractivity contribution in [3.8, 4) is 11.5 Å². The predicted octanol–water partition coefficient (Wildman–Crippen LogP) is 2.74. The highest BCUT2D eigenvalue weighted by Crippen LogP contribution is 2.29. The van der Waals surface area contributed by atoms with E-state index < -0.39 is 10.0 Å². The number of nitrogens with zero attached hydrogens (tertiary/aromatic N) is 3. The Morgan fingerprint density at radius 1 is 1.07 bits per heavy atom. The van der Waals surface area contributed by atoms with Crippen molar-refractivity contribution in [1.82, 2.24) is 14.7 Å². The topological polar surface area (TPSA) is 93.7 Å². The summed E-state index contributed by atoms with van der Waals surface area (Å²) in [5.74, 6) is 2.09. The molecule has 0 radical (unpaired) electrons. The molecular weight excluding hydrogens is 392 g/mol. The molecule has 1 fully saturated rings. The maximum Gasteiger partial charge on any atom is 0.244 e. The number of ether oxygens (including phenoxy) is 2. The molecule has 0 bridgehead atoms. The number of sulfonamides is 1. The first-order chi connectivity index (χ1) is 14.0. The Morgan fingerprint density at radius 2 is 1.83 bits per heavy atom. The molecule has 1 N–H and O–H groups in total. The summed E-state index contributed by atoms with van der Waals surface area (Å²) in [6, 6.07) is 6.56. The van der Waals surface area contributed by atoms with Gasteiger partial charge in [0.05, 0.1) is 19.8 Å². The third kappa shape index (κ3) is 5.57. The van der Waals surface area contributed by atoms with E-state index in [0.717, 1.165) is 31.7 Å². The van der Waals surface area contributed by atoms with Crippen molar-refractivity contribution >= 4 is 15.8 Å². The van der Waals surface area contributed by atoms with Gasteiger partial charge in [-0.2, -0.15) is 0 Å². The molecule has 1 aromatic carbocycles. The Hall–Kier alpha value is -2.39. The quantitative estimate of drug-likeness (QED) is 0.667. The highest BCUT2D eigenvalue weighted by molar-refractivity contribution is 7.89. The highest BCUT2D eigenvalue weighted by atomic mass is 32.2. The number of piperidine rings is 1. The summed E-state index contributed by atoms with van der Waals surface area (Å²) in [6.45, 7) is 6.43. The molecule has 0 amide bonds. The Morgan fingerprint density at radius 3 is 2.55 bits per heavy atom. The minimum Gasteiger partial charge on any atom is -0.494 e. The molecule has 1 aliphatic heterocycles. The van der Waals surface area contributed by atoms with Crippen LogP contribution in [0.25, 0.3) is 0 Å². The first kappa shape index (κ1) is 21.3. The van der Waals surface area contributed by atoms with Crippen LogP contribution in [0.1, 0.15) is 38.9 Å². The van der Waals surface area contributed by atoms with E-state index in [9.17, 15) is 8.42 Å². The van der Waals surface area contributed by atoms with E-state index in [-0.39, 0.29) is 17.2 Å². The zero-order chi connectivity index (χ0) is 20.7. The zero-order valence-corrected chi connectivity index (χ0v) is 17.7. The molecule has 1 saturated heterocycles. The van der Waals surface area contributed by atoms with Gasteiger partial charge in [-0.1, -0.05) is 0 Å². The van der Waals surface area contributed by atoms with Crippen LogP contribution >= 0.6 is 0 Å². The fraction of sp³-hybridized carbons (Fsp3) is 0.500. The van der Waals surface area contributed by atoms with Crippen LogP contribution in [0.15, 0.2) is 35.4 Å². The van der Waals surface area contributed by atoms with E-state index in [2.05, 4.69) is 19.6 Å². The lowest BCUT2D eigenvalue weighted by atomic mass is 10.1. The minimum atomic E-state index is -3.80. The van der Waals surface area contributed by atoms with Gasteiger partial charge in [0.25, 0.3) is 0 Å². The largest absolute Gasteiger partial charge is 0.494 e. The molecular formula is C20H28N4O4S. The van der Waals surface area contributed by atoms with Gasteiger partial charge in [-0.15, -0.1) is 0 Å². The second kappa shape index (κ2) is 9.89. The summed E-state index contributed by atoms with van der Waals surface area (Å²) in [5.41, 5.74) is 0. The van der Waals surface area contributed by atoms with Gasteiger partial charge in [0.1, 0.15) is 28.0 Å². The summed E-state index contributed by atoms with van der Waals surface area (Å²) in [6.07, 6.45) is 5.19. The van der Waals surface area contributed by atoms with Crippen molar-refractivity contribution in [3.05, 3.63) is 36.3 Å². The molecule has 1 aliphatic rings. The first-order valence-electron chi connectivity index (χ1n) is 9.99. The Bertz CT molecular complexity index is 914. The number of anilines is 1. The molecule has 0 aliphatic carbocycles. The smallest absolute Gasteiger partial charge is 0.244 e. The Balaban J connectivity index is 1.74. The lowest BCUT2D eigenvalue weighted by Crippen LogP contribution is -2.31. The summed E-state index contributed by atoms with van der Waals surface area (Å²) in [5, 5.41) is 0. The lowest BCUT2D eigenvalue weighted by Gasteiger charge is -2.27.